The van der Waals surface area contributed by atoms with Gasteiger partial charge in [0.25, 0.3) is 0 Å². The van der Waals surface area contributed by atoms with Crippen LogP contribution in [0.15, 0.2) is 22.6 Å². The Morgan fingerprint density at radius 3 is 2.43 bits per heavy atom. The molecule has 1 rings (SSSR count). The van der Waals surface area contributed by atoms with Gasteiger partial charge in [0.15, 0.2) is 11.5 Å². The third kappa shape index (κ3) is 7.02. The summed E-state index contributed by atoms with van der Waals surface area (Å²) in [6.07, 6.45) is -4.03. The highest BCUT2D eigenvalue weighted by Crippen LogP contribution is 2.32. The molecule has 0 aliphatic heterocycles. The molecule has 0 amide bonds. The van der Waals surface area contributed by atoms with Crippen LogP contribution in [0, 0.1) is 0 Å². The van der Waals surface area contributed by atoms with Gasteiger partial charge in [-0.3, -0.25) is 0 Å². The molecule has 1 atom stereocenters. The molecule has 0 spiro atoms. The Balaban J connectivity index is 2.77. The van der Waals surface area contributed by atoms with Gasteiger partial charge in [0.05, 0.1) is 4.75 Å². The summed E-state index contributed by atoms with van der Waals surface area (Å²) in [7, 11) is -1.37. The fourth-order valence-electron chi connectivity index (χ4n) is 1.57. The Kier molecular flexibility index (Phi) is 6.21. The monoisotopic (exact) mass is 351 g/mol. The molecule has 130 valence electrons. The standard InChI is InChI=1S/C15H20F3NO3S/c1-10(19-23(21)14(2,3)4)5-6-11-7-8-12(20)13(9-11)22-15(16,17)18/h7-9,20H,5-6H2,1-4H3/t23-/m1/s1. The quantitative estimate of drug-likeness (QED) is 0.811. The molecule has 0 aliphatic rings. The van der Waals surface area contributed by atoms with Gasteiger partial charge in [0.1, 0.15) is 11.0 Å². The summed E-state index contributed by atoms with van der Waals surface area (Å²) < 4.78 is 56.0. The van der Waals surface area contributed by atoms with Gasteiger partial charge >= 0.3 is 6.36 Å². The van der Waals surface area contributed by atoms with E-state index in [4.69, 9.17) is 0 Å². The Labute approximate surface area is 136 Å². The summed E-state index contributed by atoms with van der Waals surface area (Å²) in [5.74, 6) is -1.21. The maximum Gasteiger partial charge on any atom is 0.573 e. The van der Waals surface area contributed by atoms with Crippen molar-refractivity contribution in [1.29, 1.82) is 0 Å². The Bertz CT molecular complexity index is 607. The number of benzene rings is 1. The van der Waals surface area contributed by atoms with E-state index in [0.29, 0.717) is 24.1 Å². The first-order chi connectivity index (χ1) is 10.4. The SMILES string of the molecule is CC(CCc1ccc(O)c(OC(F)(F)F)c1)=N[S@](=O)C(C)(C)C. The molecule has 0 radical (unpaired) electrons. The maximum atomic E-state index is 12.2. The van der Waals surface area contributed by atoms with Crippen LogP contribution in [0.1, 0.15) is 39.7 Å². The average molecular weight is 351 g/mol. The molecule has 23 heavy (non-hydrogen) atoms. The predicted molar refractivity (Wildman–Crippen MR) is 84.1 cm³/mol. The van der Waals surface area contributed by atoms with Gasteiger partial charge in [-0.15, -0.1) is 13.2 Å². The molecular weight excluding hydrogens is 331 g/mol. The van der Waals surface area contributed by atoms with Crippen LogP contribution >= 0.6 is 0 Å². The minimum Gasteiger partial charge on any atom is -0.504 e. The number of alkyl halides is 3. The molecule has 1 N–H and O–H groups in total. The molecule has 1 aromatic rings. The summed E-state index contributed by atoms with van der Waals surface area (Å²) in [6, 6.07) is 3.79. The second-order valence-electron chi connectivity index (χ2n) is 6.04. The summed E-state index contributed by atoms with van der Waals surface area (Å²) >= 11 is 0. The zero-order chi connectivity index (χ0) is 17.8. The van der Waals surface area contributed by atoms with Crippen molar-refractivity contribution in [2.45, 2.75) is 51.6 Å². The number of phenolic OH excluding ortho intramolecular Hbond substituents is 1. The fraction of sp³-hybridized carbons (Fsp3) is 0.533. The summed E-state index contributed by atoms with van der Waals surface area (Å²) in [5.41, 5.74) is 1.20. The normalized spacial score (nSPS) is 14.7. The molecule has 0 aromatic heterocycles. The Hall–Kier alpha value is -1.57. The number of rotatable bonds is 5. The van der Waals surface area contributed by atoms with Crippen LogP contribution in [0.2, 0.25) is 0 Å². The Morgan fingerprint density at radius 1 is 1.30 bits per heavy atom. The zero-order valence-electron chi connectivity index (χ0n) is 13.4. The van der Waals surface area contributed by atoms with Gasteiger partial charge in [-0.2, -0.15) is 4.40 Å². The first-order valence-corrected chi connectivity index (χ1v) is 8.03. The van der Waals surface area contributed by atoms with Crippen molar-refractivity contribution in [1.82, 2.24) is 0 Å². The maximum absolute atomic E-state index is 12.2. The second-order valence-corrected chi connectivity index (χ2v) is 7.94. The Morgan fingerprint density at radius 2 is 1.91 bits per heavy atom. The van der Waals surface area contributed by atoms with Crippen molar-refractivity contribution < 1.29 is 27.2 Å². The lowest BCUT2D eigenvalue weighted by Crippen LogP contribution is -2.20. The largest absolute Gasteiger partial charge is 0.573 e. The number of aromatic hydroxyl groups is 1. The van der Waals surface area contributed by atoms with Gasteiger partial charge in [0, 0.05) is 5.71 Å². The molecule has 0 bridgehead atoms. The molecule has 0 fully saturated rings. The van der Waals surface area contributed by atoms with Crippen molar-refractivity contribution >= 4 is 16.7 Å². The third-order valence-electron chi connectivity index (χ3n) is 2.79. The van der Waals surface area contributed by atoms with Gasteiger partial charge in [0.2, 0.25) is 0 Å². The van der Waals surface area contributed by atoms with Gasteiger partial charge in [-0.25, -0.2) is 4.21 Å². The van der Waals surface area contributed by atoms with E-state index >= 15 is 0 Å². The summed E-state index contributed by atoms with van der Waals surface area (Å²) in [5, 5.41) is 9.40. The first-order valence-electron chi connectivity index (χ1n) is 6.92. The van der Waals surface area contributed by atoms with Gasteiger partial charge < -0.3 is 9.84 Å². The lowest BCUT2D eigenvalue weighted by molar-refractivity contribution is -0.275. The lowest BCUT2D eigenvalue weighted by Gasteiger charge is -2.14. The smallest absolute Gasteiger partial charge is 0.504 e. The molecule has 0 heterocycles. The molecule has 8 heteroatoms. The van der Waals surface area contributed by atoms with E-state index in [9.17, 15) is 22.5 Å². The number of hydrogen-bond acceptors (Lipinski definition) is 3. The number of hydrogen-bond donors (Lipinski definition) is 1. The van der Waals surface area contributed by atoms with E-state index in [1.165, 1.54) is 6.07 Å². The molecule has 0 saturated carbocycles. The lowest BCUT2D eigenvalue weighted by atomic mass is 10.1. The van der Waals surface area contributed by atoms with Crippen molar-refractivity contribution in [3.63, 3.8) is 0 Å². The average Bonchev–Trinajstić information content (AvgIpc) is 2.37. The van der Waals surface area contributed by atoms with Crippen LogP contribution in [0.4, 0.5) is 13.2 Å². The van der Waals surface area contributed by atoms with Crippen LogP contribution in [0.25, 0.3) is 0 Å². The minimum atomic E-state index is -4.86. The van der Waals surface area contributed by atoms with E-state index in [2.05, 4.69) is 9.13 Å². The number of halogens is 3. The first kappa shape index (κ1) is 19.5. The van der Waals surface area contributed by atoms with Crippen molar-refractivity contribution in [3.8, 4) is 11.5 Å². The molecule has 0 saturated heterocycles. The van der Waals surface area contributed by atoms with Crippen molar-refractivity contribution in [2.75, 3.05) is 0 Å². The highest BCUT2D eigenvalue weighted by atomic mass is 32.2. The van der Waals surface area contributed by atoms with Crippen molar-refractivity contribution in [2.24, 2.45) is 4.40 Å². The minimum absolute atomic E-state index is 0.394. The third-order valence-corrected chi connectivity index (χ3v) is 4.31. The second kappa shape index (κ2) is 7.33. The van der Waals surface area contributed by atoms with Crippen LogP contribution in [-0.4, -0.2) is 26.1 Å². The number of nitrogens with zero attached hydrogens (tertiary/aromatic N) is 1. The number of ether oxygens (including phenoxy) is 1. The zero-order valence-corrected chi connectivity index (χ0v) is 14.2. The summed E-state index contributed by atoms with van der Waals surface area (Å²) in [6.45, 7) is 7.14. The van der Waals surface area contributed by atoms with Crippen LogP contribution in [0.3, 0.4) is 0 Å². The molecule has 0 unspecified atom stereocenters. The molecule has 4 nitrogen and oxygen atoms in total. The topological polar surface area (TPSA) is 58.9 Å². The van der Waals surface area contributed by atoms with E-state index in [1.807, 2.05) is 0 Å². The van der Waals surface area contributed by atoms with Crippen molar-refractivity contribution in [3.05, 3.63) is 23.8 Å². The van der Waals surface area contributed by atoms with Crippen LogP contribution < -0.4 is 4.74 Å². The predicted octanol–water partition coefficient (Wildman–Crippen LogP) is 4.15. The highest BCUT2D eigenvalue weighted by Gasteiger charge is 2.32. The highest BCUT2D eigenvalue weighted by molar-refractivity contribution is 7.85. The van der Waals surface area contributed by atoms with E-state index < -0.39 is 33.6 Å². The van der Waals surface area contributed by atoms with Crippen LogP contribution in [0.5, 0.6) is 11.5 Å². The molecule has 0 aliphatic carbocycles. The van der Waals surface area contributed by atoms with E-state index in [0.717, 1.165) is 12.1 Å². The summed E-state index contributed by atoms with van der Waals surface area (Å²) in [4.78, 5) is 0. The fourth-order valence-corrected chi connectivity index (χ4v) is 2.22. The van der Waals surface area contributed by atoms with Gasteiger partial charge in [-0.1, -0.05) is 6.07 Å². The number of phenols is 1. The molecule has 1 aromatic carbocycles. The van der Waals surface area contributed by atoms with E-state index in [1.54, 1.807) is 27.7 Å². The van der Waals surface area contributed by atoms with Gasteiger partial charge in [-0.05, 0) is 58.2 Å². The number of aryl methyl sites for hydroxylation is 1. The van der Waals surface area contributed by atoms with Crippen LogP contribution in [-0.2, 0) is 17.4 Å². The van der Waals surface area contributed by atoms with E-state index in [-0.39, 0.29) is 0 Å². The molecular formula is C15H20F3NO3S.